The van der Waals surface area contributed by atoms with Crippen LogP contribution in [0.15, 0.2) is 52.4 Å². The fraction of sp³-hybridized carbons (Fsp3) is 0.269. The van der Waals surface area contributed by atoms with Gasteiger partial charge in [-0.05, 0) is 74.4 Å². The Kier molecular flexibility index (Phi) is 6.27. The third kappa shape index (κ3) is 4.28. The second-order valence-electron chi connectivity index (χ2n) is 8.53. The van der Waals surface area contributed by atoms with Gasteiger partial charge in [0.05, 0.1) is 16.8 Å². The van der Waals surface area contributed by atoms with Gasteiger partial charge in [0, 0.05) is 10.6 Å². The number of halogens is 1. The predicted molar refractivity (Wildman–Crippen MR) is 137 cm³/mol. The van der Waals surface area contributed by atoms with E-state index in [9.17, 15) is 14.0 Å². The number of aryl methyl sites for hydroxylation is 4. The van der Waals surface area contributed by atoms with Crippen LogP contribution in [0.3, 0.4) is 0 Å². The molecule has 1 amide bonds. The van der Waals surface area contributed by atoms with E-state index in [1.807, 2.05) is 32.0 Å². The van der Waals surface area contributed by atoms with E-state index in [2.05, 4.69) is 5.32 Å². The third-order valence-corrected chi connectivity index (χ3v) is 8.18. The molecule has 0 saturated heterocycles. The van der Waals surface area contributed by atoms with Crippen molar-refractivity contribution in [1.82, 2.24) is 9.55 Å². The summed E-state index contributed by atoms with van der Waals surface area (Å²) in [5, 5.41) is 3.84. The van der Waals surface area contributed by atoms with Gasteiger partial charge in [-0.2, -0.15) is 0 Å². The van der Waals surface area contributed by atoms with E-state index >= 15 is 0 Å². The highest BCUT2D eigenvalue weighted by atomic mass is 32.2. The van der Waals surface area contributed by atoms with Gasteiger partial charge >= 0.3 is 0 Å². The van der Waals surface area contributed by atoms with Gasteiger partial charge in [-0.25, -0.2) is 9.37 Å². The molecule has 0 spiro atoms. The average molecular weight is 494 g/mol. The first-order valence-electron chi connectivity index (χ1n) is 11.2. The van der Waals surface area contributed by atoms with Crippen molar-refractivity contribution in [1.29, 1.82) is 0 Å². The van der Waals surface area contributed by atoms with E-state index < -0.39 is 5.82 Å². The predicted octanol–water partition coefficient (Wildman–Crippen LogP) is 5.81. The monoisotopic (exact) mass is 493 g/mol. The Hall–Kier alpha value is -2.97. The molecule has 0 bridgehead atoms. The van der Waals surface area contributed by atoms with Gasteiger partial charge in [-0.3, -0.25) is 14.2 Å². The summed E-state index contributed by atoms with van der Waals surface area (Å²) in [5.41, 5.74) is 3.71. The van der Waals surface area contributed by atoms with Gasteiger partial charge in [-0.1, -0.05) is 36.0 Å². The number of benzene rings is 2. The molecule has 0 fully saturated rings. The second-order valence-corrected chi connectivity index (χ2v) is 10.6. The molecular weight excluding hydrogens is 469 g/mol. The lowest BCUT2D eigenvalue weighted by Gasteiger charge is -2.14. The van der Waals surface area contributed by atoms with E-state index in [-0.39, 0.29) is 22.9 Å². The number of thioether (sulfide) groups is 1. The summed E-state index contributed by atoms with van der Waals surface area (Å²) < 4.78 is 16.1. The zero-order valence-electron chi connectivity index (χ0n) is 19.0. The molecular formula is C26H24FN3O2S2. The van der Waals surface area contributed by atoms with Gasteiger partial charge in [0.1, 0.15) is 10.6 Å². The van der Waals surface area contributed by atoms with E-state index in [1.165, 1.54) is 15.5 Å². The molecule has 34 heavy (non-hydrogen) atoms. The van der Waals surface area contributed by atoms with Crippen LogP contribution in [0.1, 0.15) is 34.4 Å². The summed E-state index contributed by atoms with van der Waals surface area (Å²) in [6.45, 7) is 3.91. The van der Waals surface area contributed by atoms with Crippen molar-refractivity contribution in [2.24, 2.45) is 0 Å². The first kappa shape index (κ1) is 22.8. The SMILES string of the molecule is Cc1ccc(C)c(NC(=O)CSc2nc3sc4c(c3c(=O)n2-c2ccccc2F)CCCC4)c1. The Morgan fingerprint density at radius 1 is 1.18 bits per heavy atom. The van der Waals surface area contributed by atoms with Crippen LogP contribution >= 0.6 is 23.1 Å². The van der Waals surface area contributed by atoms with E-state index in [0.29, 0.717) is 15.4 Å². The number of nitrogens with one attached hydrogen (secondary N) is 1. The molecule has 0 saturated carbocycles. The number of hydrogen-bond acceptors (Lipinski definition) is 5. The number of anilines is 1. The number of hydrogen-bond donors (Lipinski definition) is 1. The van der Waals surface area contributed by atoms with Gasteiger partial charge in [0.15, 0.2) is 5.16 Å². The van der Waals surface area contributed by atoms with Crippen LogP contribution in [0.4, 0.5) is 10.1 Å². The zero-order valence-corrected chi connectivity index (χ0v) is 20.6. The van der Waals surface area contributed by atoms with Crippen LogP contribution in [-0.2, 0) is 17.6 Å². The maximum absolute atomic E-state index is 14.8. The van der Waals surface area contributed by atoms with Gasteiger partial charge in [-0.15, -0.1) is 11.3 Å². The van der Waals surface area contributed by atoms with Crippen LogP contribution in [0.5, 0.6) is 0 Å². The standard InChI is InChI=1S/C26H24FN3O2S2/c1-15-11-12-16(2)19(13-15)28-22(31)14-33-26-29-24-23(17-7-3-6-10-21(17)34-24)25(32)30(26)20-9-5-4-8-18(20)27/h4-5,8-9,11-13H,3,6-7,10,14H2,1-2H3,(H,28,31). The fourth-order valence-electron chi connectivity index (χ4n) is 4.32. The van der Waals surface area contributed by atoms with Gasteiger partial charge in [0.2, 0.25) is 5.91 Å². The molecule has 1 aliphatic carbocycles. The van der Waals surface area contributed by atoms with Crippen molar-refractivity contribution in [3.8, 4) is 5.69 Å². The quantitative estimate of drug-likeness (QED) is 0.281. The minimum Gasteiger partial charge on any atom is -0.325 e. The normalized spacial score (nSPS) is 13.1. The molecule has 2 aromatic carbocycles. The summed E-state index contributed by atoms with van der Waals surface area (Å²) in [6.07, 6.45) is 3.92. The van der Waals surface area contributed by atoms with E-state index in [1.54, 1.807) is 29.5 Å². The summed E-state index contributed by atoms with van der Waals surface area (Å²) in [6, 6.07) is 12.1. The molecule has 1 N–H and O–H groups in total. The number of amides is 1. The van der Waals surface area contributed by atoms with Crippen molar-refractivity contribution in [2.75, 3.05) is 11.1 Å². The molecule has 4 aromatic rings. The average Bonchev–Trinajstić information content (AvgIpc) is 3.19. The van der Waals surface area contributed by atoms with Crippen molar-refractivity contribution in [3.05, 3.63) is 80.2 Å². The summed E-state index contributed by atoms with van der Waals surface area (Å²) in [7, 11) is 0. The number of para-hydroxylation sites is 1. The van der Waals surface area contributed by atoms with E-state index in [4.69, 9.17) is 4.98 Å². The first-order valence-corrected chi connectivity index (χ1v) is 13.0. The molecule has 0 unspecified atom stereocenters. The van der Waals surface area contributed by atoms with Crippen LogP contribution < -0.4 is 10.9 Å². The highest BCUT2D eigenvalue weighted by Crippen LogP contribution is 2.35. The summed E-state index contributed by atoms with van der Waals surface area (Å²) >= 11 is 2.69. The molecule has 2 aromatic heterocycles. The maximum atomic E-state index is 14.8. The number of aromatic nitrogens is 2. The first-order chi connectivity index (χ1) is 16.4. The smallest absolute Gasteiger partial charge is 0.267 e. The van der Waals surface area contributed by atoms with Crippen molar-refractivity contribution < 1.29 is 9.18 Å². The minimum atomic E-state index is -0.503. The van der Waals surface area contributed by atoms with Gasteiger partial charge in [0.25, 0.3) is 5.56 Å². The number of thiophene rings is 1. The van der Waals surface area contributed by atoms with Crippen molar-refractivity contribution >= 4 is 44.9 Å². The molecule has 0 radical (unpaired) electrons. The van der Waals surface area contributed by atoms with Crippen LogP contribution in [0.25, 0.3) is 15.9 Å². The lowest BCUT2D eigenvalue weighted by Crippen LogP contribution is -2.24. The Morgan fingerprint density at radius 3 is 2.79 bits per heavy atom. The largest absolute Gasteiger partial charge is 0.325 e. The maximum Gasteiger partial charge on any atom is 0.267 e. The number of carbonyl (C=O) groups is 1. The molecule has 2 heterocycles. The zero-order chi connectivity index (χ0) is 23.8. The number of fused-ring (bicyclic) bond motifs is 3. The lowest BCUT2D eigenvalue weighted by molar-refractivity contribution is -0.113. The molecule has 5 rings (SSSR count). The van der Waals surface area contributed by atoms with Crippen LogP contribution in [0.2, 0.25) is 0 Å². The van der Waals surface area contributed by atoms with Crippen LogP contribution in [0, 0.1) is 19.7 Å². The van der Waals surface area contributed by atoms with Crippen LogP contribution in [-0.4, -0.2) is 21.2 Å². The Bertz CT molecular complexity index is 1480. The van der Waals surface area contributed by atoms with Crippen molar-refractivity contribution in [2.45, 2.75) is 44.7 Å². The number of nitrogens with zero attached hydrogens (tertiary/aromatic N) is 2. The number of carbonyl (C=O) groups excluding carboxylic acids is 1. The van der Waals surface area contributed by atoms with Crippen molar-refractivity contribution in [3.63, 3.8) is 0 Å². The molecule has 0 aliphatic heterocycles. The Morgan fingerprint density at radius 2 is 1.97 bits per heavy atom. The molecule has 0 atom stereocenters. The molecule has 1 aliphatic rings. The molecule has 8 heteroatoms. The lowest BCUT2D eigenvalue weighted by atomic mass is 9.97. The molecule has 174 valence electrons. The highest BCUT2D eigenvalue weighted by Gasteiger charge is 2.24. The van der Waals surface area contributed by atoms with E-state index in [0.717, 1.165) is 59.8 Å². The third-order valence-electron chi connectivity index (χ3n) is 6.05. The summed E-state index contributed by atoms with van der Waals surface area (Å²) in [4.78, 5) is 33.1. The number of rotatable bonds is 5. The Labute approximate surface area is 205 Å². The van der Waals surface area contributed by atoms with Gasteiger partial charge < -0.3 is 5.32 Å². The Balaban J connectivity index is 1.54. The molecule has 5 nitrogen and oxygen atoms in total. The second kappa shape index (κ2) is 9.35. The summed E-state index contributed by atoms with van der Waals surface area (Å²) in [5.74, 6) is -0.666. The fourth-order valence-corrected chi connectivity index (χ4v) is 6.42. The minimum absolute atomic E-state index is 0.0465. The highest BCUT2D eigenvalue weighted by molar-refractivity contribution is 7.99. The topological polar surface area (TPSA) is 64.0 Å².